The minimum absolute atomic E-state index is 0.0675. The molecule has 17 heavy (non-hydrogen) atoms. The largest absolute Gasteiger partial charge is 0.379 e. The minimum Gasteiger partial charge on any atom is -0.379 e. The maximum Gasteiger partial charge on any atom is 0.229 e. The van der Waals surface area contributed by atoms with Gasteiger partial charge in [-0.15, -0.1) is 0 Å². The molecule has 0 radical (unpaired) electrons. The highest BCUT2D eigenvalue weighted by atomic mass is 32.2. The Bertz CT molecular complexity index is 409. The van der Waals surface area contributed by atoms with E-state index in [2.05, 4.69) is 0 Å². The second kappa shape index (κ2) is 4.55. The molecule has 0 aromatic rings. The second-order valence-electron chi connectivity index (χ2n) is 4.81. The summed E-state index contributed by atoms with van der Waals surface area (Å²) in [7, 11) is -1.32. The van der Waals surface area contributed by atoms with Crippen LogP contribution in [-0.2, 0) is 19.4 Å². The lowest BCUT2D eigenvalue weighted by Gasteiger charge is -2.27. The molecule has 2 heterocycles. The van der Waals surface area contributed by atoms with Gasteiger partial charge in [-0.3, -0.25) is 4.79 Å². The van der Waals surface area contributed by atoms with Crippen LogP contribution in [0, 0.1) is 5.92 Å². The van der Waals surface area contributed by atoms with Crippen molar-refractivity contribution in [1.29, 1.82) is 0 Å². The number of nitrogens with zero attached hydrogens (tertiary/aromatic N) is 1. The van der Waals surface area contributed by atoms with Crippen LogP contribution in [0.5, 0.6) is 0 Å². The average Bonchev–Trinajstić information content (AvgIpc) is 2.82. The zero-order valence-corrected chi connectivity index (χ0v) is 10.6. The highest BCUT2D eigenvalue weighted by Crippen LogP contribution is 2.21. The number of carbonyl (C=O) groups is 1. The SMILES string of the molecule is CN(C(=O)C1COCC1N)C1CCS(=O)(=O)C1. The Morgan fingerprint density at radius 2 is 2.12 bits per heavy atom. The van der Waals surface area contributed by atoms with E-state index < -0.39 is 9.84 Å². The van der Waals surface area contributed by atoms with Crippen LogP contribution in [0.1, 0.15) is 6.42 Å². The van der Waals surface area contributed by atoms with Crippen LogP contribution in [0.25, 0.3) is 0 Å². The molecule has 0 bridgehead atoms. The van der Waals surface area contributed by atoms with Crippen LogP contribution < -0.4 is 5.73 Å². The number of sulfone groups is 1. The fraction of sp³-hybridized carbons (Fsp3) is 0.900. The third kappa shape index (κ3) is 2.61. The van der Waals surface area contributed by atoms with Gasteiger partial charge in [-0.2, -0.15) is 0 Å². The third-order valence-electron chi connectivity index (χ3n) is 3.55. The molecular weight excluding hydrogens is 244 g/mol. The normalized spacial score (nSPS) is 36.0. The van der Waals surface area contributed by atoms with Gasteiger partial charge >= 0.3 is 0 Å². The van der Waals surface area contributed by atoms with E-state index in [9.17, 15) is 13.2 Å². The molecule has 2 aliphatic rings. The number of ether oxygens (including phenoxy) is 1. The van der Waals surface area contributed by atoms with Crippen LogP contribution in [0.3, 0.4) is 0 Å². The Labute approximate surface area is 101 Å². The summed E-state index contributed by atoms with van der Waals surface area (Å²) in [6.45, 7) is 0.733. The van der Waals surface area contributed by atoms with Crippen LogP contribution >= 0.6 is 0 Å². The minimum atomic E-state index is -2.97. The Morgan fingerprint density at radius 3 is 2.59 bits per heavy atom. The van der Waals surface area contributed by atoms with Gasteiger partial charge in [0.05, 0.1) is 30.6 Å². The van der Waals surface area contributed by atoms with Crippen LogP contribution in [0.4, 0.5) is 0 Å². The molecule has 2 N–H and O–H groups in total. The summed E-state index contributed by atoms with van der Waals surface area (Å²) in [6, 6.07) is -0.483. The third-order valence-corrected chi connectivity index (χ3v) is 5.30. The zero-order chi connectivity index (χ0) is 12.6. The lowest BCUT2D eigenvalue weighted by Crippen LogP contribution is -2.46. The number of amides is 1. The van der Waals surface area contributed by atoms with Crippen molar-refractivity contribution < 1.29 is 17.9 Å². The van der Waals surface area contributed by atoms with Crippen molar-refractivity contribution in [2.75, 3.05) is 31.8 Å². The van der Waals surface area contributed by atoms with Crippen molar-refractivity contribution in [2.24, 2.45) is 11.7 Å². The van der Waals surface area contributed by atoms with Gasteiger partial charge in [-0.25, -0.2) is 8.42 Å². The molecule has 7 heteroatoms. The fourth-order valence-corrected chi connectivity index (χ4v) is 4.12. The molecule has 2 fully saturated rings. The van der Waals surface area contributed by atoms with Crippen LogP contribution in [0.2, 0.25) is 0 Å². The number of hydrogen-bond donors (Lipinski definition) is 1. The average molecular weight is 262 g/mol. The molecule has 0 aromatic heterocycles. The van der Waals surface area contributed by atoms with E-state index in [1.54, 1.807) is 7.05 Å². The van der Waals surface area contributed by atoms with Gasteiger partial charge in [0.15, 0.2) is 9.84 Å². The molecule has 0 aliphatic carbocycles. The highest BCUT2D eigenvalue weighted by Gasteiger charge is 2.38. The first-order chi connectivity index (χ1) is 7.91. The molecule has 6 nitrogen and oxygen atoms in total. The highest BCUT2D eigenvalue weighted by molar-refractivity contribution is 7.91. The van der Waals surface area contributed by atoms with Gasteiger partial charge in [0.2, 0.25) is 5.91 Å². The van der Waals surface area contributed by atoms with E-state index in [1.165, 1.54) is 4.90 Å². The zero-order valence-electron chi connectivity index (χ0n) is 9.83. The van der Waals surface area contributed by atoms with Crippen molar-refractivity contribution in [1.82, 2.24) is 4.90 Å². The molecule has 2 aliphatic heterocycles. The number of rotatable bonds is 2. The number of carbonyl (C=O) groups excluding carboxylic acids is 1. The molecule has 1 amide bonds. The summed E-state index contributed by atoms with van der Waals surface area (Å²) in [5.74, 6) is -0.194. The summed E-state index contributed by atoms with van der Waals surface area (Å²) >= 11 is 0. The smallest absolute Gasteiger partial charge is 0.229 e. The summed E-state index contributed by atoms with van der Waals surface area (Å²) < 4.78 is 27.9. The van der Waals surface area contributed by atoms with Gasteiger partial charge in [0.1, 0.15) is 0 Å². The van der Waals surface area contributed by atoms with Crippen molar-refractivity contribution in [3.8, 4) is 0 Å². The predicted molar refractivity (Wildman–Crippen MR) is 62.1 cm³/mol. The van der Waals surface area contributed by atoms with Crippen molar-refractivity contribution in [3.63, 3.8) is 0 Å². The molecule has 3 unspecified atom stereocenters. The van der Waals surface area contributed by atoms with Crippen molar-refractivity contribution in [2.45, 2.75) is 18.5 Å². The molecule has 2 saturated heterocycles. The summed E-state index contributed by atoms with van der Waals surface area (Å²) in [5.41, 5.74) is 5.78. The van der Waals surface area contributed by atoms with Gasteiger partial charge in [-0.1, -0.05) is 0 Å². The van der Waals surface area contributed by atoms with Gasteiger partial charge in [-0.05, 0) is 6.42 Å². The Kier molecular flexibility index (Phi) is 3.42. The molecule has 2 rings (SSSR count). The standard InChI is InChI=1S/C10H18N2O4S/c1-12(7-2-3-17(14,15)6-7)10(13)8-4-16-5-9(8)11/h7-9H,2-6,11H2,1H3. The summed E-state index contributed by atoms with van der Waals surface area (Å²) in [6.07, 6.45) is 0.521. The van der Waals surface area contributed by atoms with Gasteiger partial charge in [0, 0.05) is 19.1 Å². The monoisotopic (exact) mass is 262 g/mol. The van der Waals surface area contributed by atoms with E-state index in [1.807, 2.05) is 0 Å². The maximum absolute atomic E-state index is 12.1. The maximum atomic E-state index is 12.1. The van der Waals surface area contributed by atoms with Crippen LogP contribution in [0.15, 0.2) is 0 Å². The fourth-order valence-electron chi connectivity index (χ4n) is 2.35. The first-order valence-electron chi connectivity index (χ1n) is 5.71. The van der Waals surface area contributed by atoms with E-state index >= 15 is 0 Å². The molecule has 98 valence electrons. The first-order valence-corrected chi connectivity index (χ1v) is 7.53. The lowest BCUT2D eigenvalue weighted by atomic mass is 10.0. The van der Waals surface area contributed by atoms with Gasteiger partial charge in [0.25, 0.3) is 0 Å². The Hall–Kier alpha value is -0.660. The van der Waals surface area contributed by atoms with E-state index in [0.717, 1.165) is 0 Å². The Morgan fingerprint density at radius 1 is 1.41 bits per heavy atom. The van der Waals surface area contributed by atoms with Crippen molar-refractivity contribution in [3.05, 3.63) is 0 Å². The van der Waals surface area contributed by atoms with Gasteiger partial charge < -0.3 is 15.4 Å². The summed E-state index contributed by atoms with van der Waals surface area (Å²) in [5, 5.41) is 0. The van der Waals surface area contributed by atoms with Crippen molar-refractivity contribution >= 4 is 15.7 Å². The summed E-state index contributed by atoms with van der Waals surface area (Å²) in [4.78, 5) is 13.7. The molecular formula is C10H18N2O4S. The first kappa shape index (κ1) is 12.8. The Balaban J connectivity index is 2.00. The number of hydrogen-bond acceptors (Lipinski definition) is 5. The van der Waals surface area contributed by atoms with E-state index in [4.69, 9.17) is 10.5 Å². The predicted octanol–water partition coefficient (Wildman–Crippen LogP) is -1.39. The van der Waals surface area contributed by atoms with E-state index in [0.29, 0.717) is 19.6 Å². The molecule has 0 spiro atoms. The topological polar surface area (TPSA) is 89.7 Å². The second-order valence-corrected chi connectivity index (χ2v) is 7.04. The molecule has 0 aromatic carbocycles. The number of nitrogens with two attached hydrogens (primary N) is 1. The van der Waals surface area contributed by atoms with E-state index in [-0.39, 0.29) is 35.4 Å². The molecule has 3 atom stereocenters. The lowest BCUT2D eigenvalue weighted by molar-refractivity contribution is -0.136. The van der Waals surface area contributed by atoms with Crippen LogP contribution in [-0.4, -0.2) is 63.1 Å². The molecule has 0 saturated carbocycles. The quantitative estimate of drug-likeness (QED) is 0.661.